The van der Waals surface area contributed by atoms with Crippen LogP contribution in [0.3, 0.4) is 0 Å². The number of nitrogens with zero attached hydrogens (tertiary/aromatic N) is 2. The lowest BCUT2D eigenvalue weighted by molar-refractivity contribution is -0.119. The third kappa shape index (κ3) is 9.37. The number of benzene rings is 2. The molecule has 0 bridgehead atoms. The first kappa shape index (κ1) is 23.8. The zero-order valence-electron chi connectivity index (χ0n) is 16.7. The summed E-state index contributed by atoms with van der Waals surface area (Å²) in [4.78, 5) is 22.2. The number of carbonyl (C=O) groups is 2. The van der Waals surface area contributed by atoms with Gasteiger partial charge in [0, 0.05) is 13.1 Å². The van der Waals surface area contributed by atoms with Crippen LogP contribution in [0.1, 0.15) is 24.0 Å². The maximum Gasteiger partial charge on any atom is 0.234 e. The summed E-state index contributed by atoms with van der Waals surface area (Å²) in [5.41, 5.74) is 3.93. The van der Waals surface area contributed by atoms with E-state index < -0.39 is 0 Å². The molecule has 0 aliphatic rings. The first-order valence-corrected chi connectivity index (χ1v) is 10.9. The van der Waals surface area contributed by atoms with E-state index in [0.29, 0.717) is 13.1 Å². The summed E-state index contributed by atoms with van der Waals surface area (Å²) in [6.45, 7) is 1.23. The van der Waals surface area contributed by atoms with E-state index in [2.05, 4.69) is 20.9 Å². The molecule has 2 aromatic rings. The first-order valence-electron chi connectivity index (χ1n) is 9.85. The molecule has 0 fully saturated rings. The SMILES string of the molecule is O=C(CCl)NCCCc1ccc(N=Nc2ccc(CCCNC(=O)CCl)cc2)cc1. The quantitative estimate of drug-likeness (QED) is 0.280. The lowest BCUT2D eigenvalue weighted by atomic mass is 10.1. The van der Waals surface area contributed by atoms with Crippen LogP contribution in [-0.4, -0.2) is 36.7 Å². The number of aryl methyl sites for hydroxylation is 2. The summed E-state index contributed by atoms with van der Waals surface area (Å²) in [5, 5.41) is 14.1. The zero-order chi connectivity index (χ0) is 21.6. The average Bonchev–Trinajstić information content (AvgIpc) is 2.79. The van der Waals surface area contributed by atoms with E-state index in [9.17, 15) is 9.59 Å². The van der Waals surface area contributed by atoms with Crippen LogP contribution in [0.15, 0.2) is 58.8 Å². The number of azo groups is 1. The van der Waals surface area contributed by atoms with Gasteiger partial charge in [0.1, 0.15) is 11.8 Å². The van der Waals surface area contributed by atoms with Crippen molar-refractivity contribution in [3.63, 3.8) is 0 Å². The highest BCUT2D eigenvalue weighted by Crippen LogP contribution is 2.20. The van der Waals surface area contributed by atoms with Crippen LogP contribution in [0.25, 0.3) is 0 Å². The molecule has 0 unspecified atom stereocenters. The van der Waals surface area contributed by atoms with Crippen molar-refractivity contribution in [2.24, 2.45) is 10.2 Å². The van der Waals surface area contributed by atoms with Crippen LogP contribution in [-0.2, 0) is 22.4 Å². The summed E-state index contributed by atoms with van der Waals surface area (Å²) in [5.74, 6) is -0.291. The van der Waals surface area contributed by atoms with Crippen molar-refractivity contribution in [1.82, 2.24) is 10.6 Å². The monoisotopic (exact) mass is 448 g/mol. The van der Waals surface area contributed by atoms with Gasteiger partial charge in [-0.3, -0.25) is 9.59 Å². The van der Waals surface area contributed by atoms with Gasteiger partial charge in [-0.25, -0.2) is 0 Å². The number of carbonyl (C=O) groups excluding carboxylic acids is 2. The largest absolute Gasteiger partial charge is 0.355 e. The second-order valence-electron chi connectivity index (χ2n) is 6.71. The van der Waals surface area contributed by atoms with Crippen molar-refractivity contribution in [3.8, 4) is 0 Å². The fraction of sp³-hybridized carbons (Fsp3) is 0.364. The molecule has 0 aromatic heterocycles. The first-order chi connectivity index (χ1) is 14.6. The Hall–Kier alpha value is -2.44. The topological polar surface area (TPSA) is 82.9 Å². The van der Waals surface area contributed by atoms with Crippen molar-refractivity contribution in [1.29, 1.82) is 0 Å². The minimum atomic E-state index is -0.142. The van der Waals surface area contributed by atoms with Crippen molar-refractivity contribution in [3.05, 3.63) is 59.7 Å². The number of amides is 2. The fourth-order valence-corrected chi connectivity index (χ4v) is 2.90. The van der Waals surface area contributed by atoms with Gasteiger partial charge in [0.25, 0.3) is 0 Å². The Balaban J connectivity index is 1.74. The van der Waals surface area contributed by atoms with Crippen LogP contribution in [0.5, 0.6) is 0 Å². The van der Waals surface area contributed by atoms with Crippen molar-refractivity contribution >= 4 is 46.4 Å². The Morgan fingerprint density at radius 1 is 0.667 bits per heavy atom. The van der Waals surface area contributed by atoms with E-state index in [0.717, 1.165) is 37.1 Å². The predicted octanol–water partition coefficient (Wildman–Crippen LogP) is 4.68. The van der Waals surface area contributed by atoms with Gasteiger partial charge in [-0.1, -0.05) is 24.3 Å². The highest BCUT2D eigenvalue weighted by molar-refractivity contribution is 6.27. The summed E-state index contributed by atoms with van der Waals surface area (Å²) in [6.07, 6.45) is 3.46. The second kappa shape index (κ2) is 13.7. The van der Waals surface area contributed by atoms with E-state index in [1.807, 2.05) is 48.5 Å². The van der Waals surface area contributed by atoms with Crippen LogP contribution in [0.4, 0.5) is 11.4 Å². The van der Waals surface area contributed by atoms with Gasteiger partial charge < -0.3 is 10.6 Å². The highest BCUT2D eigenvalue weighted by atomic mass is 35.5. The number of nitrogens with one attached hydrogen (secondary N) is 2. The molecule has 0 spiro atoms. The maximum absolute atomic E-state index is 11.1. The third-order valence-corrected chi connectivity index (χ3v) is 4.81. The molecule has 0 aliphatic heterocycles. The van der Waals surface area contributed by atoms with Crippen molar-refractivity contribution < 1.29 is 9.59 Å². The van der Waals surface area contributed by atoms with Gasteiger partial charge in [0.15, 0.2) is 0 Å². The standard InChI is InChI=1S/C22H26Cl2N4O2/c23-15-21(29)25-13-1-3-17-5-9-19(10-6-17)27-28-20-11-7-18(8-12-20)4-2-14-26-22(30)16-24/h5-12H,1-4,13-16H2,(H,25,29)(H,26,30). The maximum atomic E-state index is 11.1. The average molecular weight is 449 g/mol. The Bertz CT molecular complexity index is 755. The molecule has 0 atom stereocenters. The molecule has 2 amide bonds. The molecular formula is C22H26Cl2N4O2. The van der Waals surface area contributed by atoms with Gasteiger partial charge in [-0.05, 0) is 61.1 Å². The molecule has 0 saturated heterocycles. The Kier molecular flexibility index (Phi) is 10.9. The van der Waals surface area contributed by atoms with Gasteiger partial charge in [0.2, 0.25) is 11.8 Å². The molecule has 160 valence electrons. The molecule has 0 saturated carbocycles. The molecule has 2 aromatic carbocycles. The highest BCUT2D eigenvalue weighted by Gasteiger charge is 2.00. The van der Waals surface area contributed by atoms with Gasteiger partial charge in [-0.15, -0.1) is 23.2 Å². The van der Waals surface area contributed by atoms with Crippen LogP contribution in [0.2, 0.25) is 0 Å². The van der Waals surface area contributed by atoms with Gasteiger partial charge in [0.05, 0.1) is 11.4 Å². The van der Waals surface area contributed by atoms with E-state index in [-0.39, 0.29) is 23.6 Å². The van der Waals surface area contributed by atoms with Gasteiger partial charge in [-0.2, -0.15) is 10.2 Å². The zero-order valence-corrected chi connectivity index (χ0v) is 18.3. The summed E-state index contributed by atoms with van der Waals surface area (Å²) >= 11 is 10.9. The molecule has 2 N–H and O–H groups in total. The third-order valence-electron chi connectivity index (χ3n) is 4.33. The molecule has 0 aliphatic carbocycles. The molecule has 0 radical (unpaired) electrons. The molecular weight excluding hydrogens is 423 g/mol. The van der Waals surface area contributed by atoms with Gasteiger partial charge >= 0.3 is 0 Å². The number of rotatable bonds is 12. The summed E-state index contributed by atoms with van der Waals surface area (Å²) < 4.78 is 0. The summed E-state index contributed by atoms with van der Waals surface area (Å²) in [6, 6.07) is 15.8. The number of hydrogen-bond donors (Lipinski definition) is 2. The molecule has 8 heteroatoms. The normalized spacial score (nSPS) is 10.9. The predicted molar refractivity (Wildman–Crippen MR) is 121 cm³/mol. The number of hydrogen-bond acceptors (Lipinski definition) is 4. The minimum absolute atomic E-state index is 0.00288. The molecule has 2 rings (SSSR count). The van der Waals surface area contributed by atoms with E-state index in [4.69, 9.17) is 23.2 Å². The molecule has 0 heterocycles. The lowest BCUT2D eigenvalue weighted by Gasteiger charge is -2.04. The van der Waals surface area contributed by atoms with Crippen LogP contribution >= 0.6 is 23.2 Å². The lowest BCUT2D eigenvalue weighted by Crippen LogP contribution is -2.25. The van der Waals surface area contributed by atoms with Crippen molar-refractivity contribution in [2.45, 2.75) is 25.7 Å². The van der Waals surface area contributed by atoms with E-state index >= 15 is 0 Å². The van der Waals surface area contributed by atoms with Crippen LogP contribution < -0.4 is 10.6 Å². The summed E-state index contributed by atoms with van der Waals surface area (Å²) in [7, 11) is 0. The second-order valence-corrected chi connectivity index (χ2v) is 7.24. The fourth-order valence-electron chi connectivity index (χ4n) is 2.71. The van der Waals surface area contributed by atoms with E-state index in [1.54, 1.807) is 0 Å². The molecule has 30 heavy (non-hydrogen) atoms. The van der Waals surface area contributed by atoms with Crippen LogP contribution in [0, 0.1) is 0 Å². The van der Waals surface area contributed by atoms with Crippen molar-refractivity contribution in [2.75, 3.05) is 24.8 Å². The number of halogens is 2. The Labute approximate surface area is 187 Å². The smallest absolute Gasteiger partial charge is 0.234 e. The molecule has 6 nitrogen and oxygen atoms in total. The number of alkyl halides is 2. The Morgan fingerprint density at radius 3 is 1.37 bits per heavy atom. The Morgan fingerprint density at radius 2 is 1.03 bits per heavy atom. The van der Waals surface area contributed by atoms with E-state index in [1.165, 1.54) is 11.1 Å². The minimum Gasteiger partial charge on any atom is -0.355 e.